The lowest BCUT2D eigenvalue weighted by molar-refractivity contribution is 0.141. The summed E-state index contributed by atoms with van der Waals surface area (Å²) in [7, 11) is -3.56. The summed E-state index contributed by atoms with van der Waals surface area (Å²) >= 11 is 1.58. The molecule has 1 aliphatic heterocycles. The van der Waals surface area contributed by atoms with Gasteiger partial charge in [0.05, 0.1) is 15.9 Å². The van der Waals surface area contributed by atoms with E-state index in [1.165, 1.54) is 6.07 Å². The van der Waals surface area contributed by atoms with Gasteiger partial charge in [-0.3, -0.25) is 0 Å². The Hall–Kier alpha value is -1.94. The van der Waals surface area contributed by atoms with Crippen molar-refractivity contribution in [1.82, 2.24) is 13.9 Å². The van der Waals surface area contributed by atoms with Gasteiger partial charge >= 0.3 is 0 Å². The zero-order valence-electron chi connectivity index (χ0n) is 20.7. The molecule has 190 valence electrons. The van der Waals surface area contributed by atoms with Gasteiger partial charge in [0.25, 0.3) is 0 Å². The van der Waals surface area contributed by atoms with Crippen molar-refractivity contribution in [2.24, 2.45) is 5.92 Å². The minimum atomic E-state index is -3.56. The van der Waals surface area contributed by atoms with Crippen LogP contribution in [-0.4, -0.2) is 48.6 Å². The molecule has 6 nitrogen and oxygen atoms in total. The van der Waals surface area contributed by atoms with Crippen LogP contribution in [0.15, 0.2) is 46.5 Å². The molecular formula is C26H34FN3O3S2. The molecular weight excluding hydrogens is 485 g/mol. The molecule has 9 heteroatoms. The molecule has 35 heavy (non-hydrogen) atoms. The monoisotopic (exact) mass is 519 g/mol. The Morgan fingerprint density at radius 3 is 2.80 bits per heavy atom. The van der Waals surface area contributed by atoms with Crippen LogP contribution in [0.5, 0.6) is 0 Å². The molecule has 0 unspecified atom stereocenters. The van der Waals surface area contributed by atoms with Gasteiger partial charge in [0.2, 0.25) is 10.0 Å². The maximum absolute atomic E-state index is 13.5. The van der Waals surface area contributed by atoms with Gasteiger partial charge in [0.1, 0.15) is 5.82 Å². The summed E-state index contributed by atoms with van der Waals surface area (Å²) in [6, 6.07) is 10.1. The summed E-state index contributed by atoms with van der Waals surface area (Å²) in [5.74, 6) is 0.776. The summed E-state index contributed by atoms with van der Waals surface area (Å²) in [6.07, 6.45) is 2.78. The van der Waals surface area contributed by atoms with Crippen molar-refractivity contribution >= 4 is 32.8 Å². The topological polar surface area (TPSA) is 64.4 Å². The highest BCUT2D eigenvalue weighted by molar-refractivity contribution is 7.98. The molecule has 0 amide bonds. The number of aromatic nitrogens is 2. The second-order valence-electron chi connectivity index (χ2n) is 9.22. The average molecular weight is 520 g/mol. The fourth-order valence-electron chi connectivity index (χ4n) is 4.52. The van der Waals surface area contributed by atoms with E-state index >= 15 is 0 Å². The first-order valence-electron chi connectivity index (χ1n) is 12.3. The summed E-state index contributed by atoms with van der Waals surface area (Å²) < 4.78 is 49.4. The molecule has 1 atom stereocenters. The van der Waals surface area contributed by atoms with E-state index in [1.54, 1.807) is 34.3 Å². The molecule has 1 aromatic heterocycles. The van der Waals surface area contributed by atoms with E-state index in [4.69, 9.17) is 9.72 Å². The Bertz CT molecular complexity index is 1280. The van der Waals surface area contributed by atoms with Crippen LogP contribution in [0.2, 0.25) is 0 Å². The third-order valence-electron chi connectivity index (χ3n) is 6.48. The number of rotatable bonds is 10. The quantitative estimate of drug-likeness (QED) is 0.257. The molecule has 1 fully saturated rings. The predicted molar refractivity (Wildman–Crippen MR) is 139 cm³/mol. The first-order valence-corrected chi connectivity index (χ1v) is 14.7. The molecule has 2 aromatic carbocycles. The standard InChI is InChI=1S/C26H34FN3O3S2/c1-4-33-14-6-13-30-25-11-10-23(35(31,32)29-12-5-7-19(2)17-29)16-24(25)28-26(30)34-18-21-8-9-22(27)15-20(21)3/h8-11,15-16,19H,4-7,12-14,17-18H2,1-3H3/t19-/m1/s1. The van der Waals surface area contributed by atoms with Crippen molar-refractivity contribution in [3.63, 3.8) is 0 Å². The number of fused-ring (bicyclic) bond motifs is 1. The van der Waals surface area contributed by atoms with E-state index < -0.39 is 10.0 Å². The number of halogens is 1. The number of hydrogen-bond donors (Lipinski definition) is 0. The molecule has 0 radical (unpaired) electrons. The summed E-state index contributed by atoms with van der Waals surface area (Å²) in [5.41, 5.74) is 3.53. The number of thioether (sulfide) groups is 1. The first-order chi connectivity index (χ1) is 16.8. The fourth-order valence-corrected chi connectivity index (χ4v) is 7.26. The summed E-state index contributed by atoms with van der Waals surface area (Å²) in [6.45, 7) is 9.15. The second kappa shape index (κ2) is 11.4. The van der Waals surface area contributed by atoms with Crippen molar-refractivity contribution in [2.75, 3.05) is 26.3 Å². The van der Waals surface area contributed by atoms with Crippen molar-refractivity contribution in [3.8, 4) is 0 Å². The van der Waals surface area contributed by atoms with E-state index in [9.17, 15) is 12.8 Å². The lowest BCUT2D eigenvalue weighted by Gasteiger charge is -2.30. The van der Waals surface area contributed by atoms with Gasteiger partial charge in [-0.1, -0.05) is 24.8 Å². The van der Waals surface area contributed by atoms with Crippen LogP contribution in [-0.2, 0) is 27.1 Å². The number of nitrogens with zero attached hydrogens (tertiary/aromatic N) is 3. The molecule has 1 saturated heterocycles. The van der Waals surface area contributed by atoms with Gasteiger partial charge in [0.15, 0.2) is 5.16 Å². The minimum Gasteiger partial charge on any atom is -0.382 e. The largest absolute Gasteiger partial charge is 0.382 e. The lowest BCUT2D eigenvalue weighted by atomic mass is 10.0. The van der Waals surface area contributed by atoms with Crippen LogP contribution in [0.1, 0.15) is 44.2 Å². The number of aryl methyl sites for hydroxylation is 2. The van der Waals surface area contributed by atoms with E-state index in [0.717, 1.165) is 47.6 Å². The van der Waals surface area contributed by atoms with E-state index in [0.29, 0.717) is 48.4 Å². The van der Waals surface area contributed by atoms with E-state index in [1.807, 2.05) is 26.0 Å². The molecule has 0 N–H and O–H groups in total. The zero-order valence-corrected chi connectivity index (χ0v) is 22.3. The molecule has 0 aliphatic carbocycles. The number of imidazole rings is 1. The highest BCUT2D eigenvalue weighted by Gasteiger charge is 2.29. The number of piperidine rings is 1. The van der Waals surface area contributed by atoms with Crippen molar-refractivity contribution in [3.05, 3.63) is 53.3 Å². The van der Waals surface area contributed by atoms with Gasteiger partial charge in [-0.25, -0.2) is 17.8 Å². The Kier molecular flexibility index (Phi) is 8.52. The van der Waals surface area contributed by atoms with Crippen molar-refractivity contribution < 1.29 is 17.5 Å². The van der Waals surface area contributed by atoms with Crippen LogP contribution < -0.4 is 0 Å². The zero-order chi connectivity index (χ0) is 25.0. The highest BCUT2D eigenvalue weighted by Crippen LogP contribution is 2.31. The molecule has 3 aromatic rings. The van der Waals surface area contributed by atoms with Gasteiger partial charge < -0.3 is 9.30 Å². The highest BCUT2D eigenvalue weighted by atomic mass is 32.2. The maximum atomic E-state index is 13.5. The van der Waals surface area contributed by atoms with Crippen LogP contribution in [0.4, 0.5) is 4.39 Å². The van der Waals surface area contributed by atoms with Gasteiger partial charge in [-0.05, 0) is 80.5 Å². The summed E-state index contributed by atoms with van der Waals surface area (Å²) in [5, 5.41) is 0.821. The third-order valence-corrected chi connectivity index (χ3v) is 9.36. The van der Waals surface area contributed by atoms with Gasteiger partial charge in [-0.15, -0.1) is 0 Å². The number of benzene rings is 2. The summed E-state index contributed by atoms with van der Waals surface area (Å²) in [4.78, 5) is 5.13. The number of ether oxygens (including phenoxy) is 1. The normalized spacial score (nSPS) is 17.3. The Balaban J connectivity index is 1.63. The first kappa shape index (κ1) is 26.1. The van der Waals surface area contributed by atoms with Crippen LogP contribution in [0.25, 0.3) is 11.0 Å². The SMILES string of the molecule is CCOCCCn1c(SCc2ccc(F)cc2C)nc2cc(S(=O)(=O)N3CCC[C@@H](C)C3)ccc21. The van der Waals surface area contributed by atoms with E-state index in [2.05, 4.69) is 11.5 Å². The van der Waals surface area contributed by atoms with Crippen LogP contribution in [0.3, 0.4) is 0 Å². The Morgan fingerprint density at radius 1 is 1.23 bits per heavy atom. The molecule has 2 heterocycles. The average Bonchev–Trinajstić information content (AvgIpc) is 3.18. The molecule has 4 rings (SSSR count). The van der Waals surface area contributed by atoms with Crippen LogP contribution in [0, 0.1) is 18.7 Å². The Labute approximate surface area is 211 Å². The smallest absolute Gasteiger partial charge is 0.243 e. The third kappa shape index (κ3) is 6.07. The fraction of sp³-hybridized carbons (Fsp3) is 0.500. The van der Waals surface area contributed by atoms with Crippen molar-refractivity contribution in [1.29, 1.82) is 0 Å². The number of sulfonamides is 1. The maximum Gasteiger partial charge on any atom is 0.243 e. The van der Waals surface area contributed by atoms with E-state index in [-0.39, 0.29) is 5.82 Å². The van der Waals surface area contributed by atoms with Gasteiger partial charge in [0, 0.05) is 38.6 Å². The van der Waals surface area contributed by atoms with Crippen LogP contribution >= 0.6 is 11.8 Å². The molecule has 1 aliphatic rings. The molecule has 0 spiro atoms. The molecule has 0 bridgehead atoms. The minimum absolute atomic E-state index is 0.240. The van der Waals surface area contributed by atoms with Crippen molar-refractivity contribution in [2.45, 2.75) is 62.4 Å². The number of hydrogen-bond acceptors (Lipinski definition) is 5. The lowest BCUT2D eigenvalue weighted by Crippen LogP contribution is -2.39. The van der Waals surface area contributed by atoms with Gasteiger partial charge in [-0.2, -0.15) is 4.31 Å². The Morgan fingerprint density at radius 2 is 2.06 bits per heavy atom. The molecule has 0 saturated carbocycles. The second-order valence-corrected chi connectivity index (χ2v) is 12.1. The predicted octanol–water partition coefficient (Wildman–Crippen LogP) is 5.62.